The molecule has 0 aliphatic carbocycles. The van der Waals surface area contributed by atoms with Crippen molar-refractivity contribution in [2.24, 2.45) is 0 Å². The fourth-order valence-electron chi connectivity index (χ4n) is 2.69. The summed E-state index contributed by atoms with van der Waals surface area (Å²) < 4.78 is 0. The van der Waals surface area contributed by atoms with Crippen molar-refractivity contribution in [1.82, 2.24) is 0 Å². The molecule has 1 aromatic heterocycles. The molecule has 126 valence electrons. The highest BCUT2D eigenvalue weighted by Gasteiger charge is 2.26. The summed E-state index contributed by atoms with van der Waals surface area (Å²) in [7, 11) is 1.63. The first-order valence-corrected chi connectivity index (χ1v) is 7.70. The number of aromatic nitrogens is 1. The van der Waals surface area contributed by atoms with Crippen molar-refractivity contribution in [3.8, 4) is 0 Å². The summed E-state index contributed by atoms with van der Waals surface area (Å²) in [6, 6.07) is 16.4. The van der Waals surface area contributed by atoms with Crippen LogP contribution >= 0.6 is 0 Å². The van der Waals surface area contributed by atoms with Crippen LogP contribution in [0.3, 0.4) is 0 Å². The van der Waals surface area contributed by atoms with Crippen molar-refractivity contribution in [3.63, 3.8) is 0 Å². The van der Waals surface area contributed by atoms with Crippen molar-refractivity contribution in [1.29, 1.82) is 0 Å². The number of nitrogens with one attached hydrogen (secondary N) is 2. The lowest BCUT2D eigenvalue weighted by Crippen LogP contribution is -2.34. The van der Waals surface area contributed by atoms with Crippen LogP contribution in [0, 0.1) is 10.1 Å². The highest BCUT2D eigenvalue weighted by Crippen LogP contribution is 2.24. The number of carbonyl (C=O) groups is 1. The molecule has 0 unspecified atom stereocenters. The minimum atomic E-state index is -0.481. The average Bonchev–Trinajstić information content (AvgIpc) is 2.62. The number of amides is 1. The van der Waals surface area contributed by atoms with Crippen LogP contribution < -0.4 is 15.2 Å². The molecule has 0 saturated heterocycles. The van der Waals surface area contributed by atoms with Gasteiger partial charge in [0.2, 0.25) is 0 Å². The van der Waals surface area contributed by atoms with Gasteiger partial charge in [0, 0.05) is 17.1 Å². The molecule has 0 spiro atoms. The molecular weight excluding hydrogens is 320 g/mol. The van der Waals surface area contributed by atoms with Crippen LogP contribution in [0.2, 0.25) is 0 Å². The van der Waals surface area contributed by atoms with Gasteiger partial charge >= 0.3 is 11.5 Å². The fraction of sp³-hybridized carbons (Fsp3) is 0.111. The van der Waals surface area contributed by atoms with Gasteiger partial charge < -0.3 is 5.32 Å². The molecular formula is C18H17N4O3+. The monoisotopic (exact) mass is 337 g/mol. The number of pyridine rings is 1. The Morgan fingerprint density at radius 3 is 2.72 bits per heavy atom. The number of anilines is 2. The maximum Gasteiger partial charge on any atom is 0.357 e. The number of rotatable bonds is 5. The Kier molecular flexibility index (Phi) is 4.56. The van der Waals surface area contributed by atoms with Gasteiger partial charge in [-0.05, 0) is 17.5 Å². The Bertz CT molecular complexity index is 937. The molecule has 1 heterocycles. The van der Waals surface area contributed by atoms with E-state index in [0.29, 0.717) is 5.69 Å². The number of hydrogen-bond acceptors (Lipinski definition) is 4. The number of hydrogen-bond donors (Lipinski definition) is 1. The summed E-state index contributed by atoms with van der Waals surface area (Å²) in [4.78, 5) is 27.3. The zero-order valence-corrected chi connectivity index (χ0v) is 13.6. The largest absolute Gasteiger partial charge is 0.357 e. The lowest BCUT2D eigenvalue weighted by Gasteiger charge is -2.12. The maximum atomic E-state index is 12.4. The second kappa shape index (κ2) is 6.96. The standard InChI is InChI=1S/C18H16N4O3/c1-21(18-16(22(24)25)10-5-11-19-18)12-17(23)20-15-9-4-7-13-6-2-3-8-14(13)15/h2-11H,12H2,1H3,(H,20,23)/p+1. The number of carbonyl (C=O) groups excluding carboxylic acids is 1. The molecule has 0 fully saturated rings. The number of nitro groups is 1. The van der Waals surface area contributed by atoms with E-state index in [9.17, 15) is 14.9 Å². The fourth-order valence-corrected chi connectivity index (χ4v) is 2.69. The van der Waals surface area contributed by atoms with Crippen molar-refractivity contribution in [3.05, 3.63) is 70.9 Å². The van der Waals surface area contributed by atoms with E-state index < -0.39 is 4.92 Å². The van der Waals surface area contributed by atoms with E-state index in [2.05, 4.69) is 10.3 Å². The molecule has 0 aliphatic rings. The third-order valence-electron chi connectivity index (χ3n) is 3.84. The molecule has 1 amide bonds. The summed E-state index contributed by atoms with van der Waals surface area (Å²) >= 11 is 0. The number of likely N-dealkylation sites (N-methyl/N-ethyl adjacent to an activating group) is 1. The van der Waals surface area contributed by atoms with Gasteiger partial charge in [-0.15, -0.1) is 0 Å². The van der Waals surface area contributed by atoms with Gasteiger partial charge in [-0.1, -0.05) is 36.4 Å². The van der Waals surface area contributed by atoms with Gasteiger partial charge in [0.1, 0.15) is 0 Å². The van der Waals surface area contributed by atoms with E-state index in [0.717, 1.165) is 10.8 Å². The Morgan fingerprint density at radius 2 is 1.92 bits per heavy atom. The van der Waals surface area contributed by atoms with E-state index >= 15 is 0 Å². The first kappa shape index (κ1) is 16.4. The molecule has 7 heteroatoms. The first-order valence-electron chi connectivity index (χ1n) is 7.70. The number of H-pyrrole nitrogens is 1. The Hall–Kier alpha value is -3.48. The van der Waals surface area contributed by atoms with Crippen LogP contribution in [0.1, 0.15) is 0 Å². The van der Waals surface area contributed by atoms with Gasteiger partial charge in [-0.25, -0.2) is 9.88 Å². The molecule has 0 aliphatic heterocycles. The minimum Gasteiger partial charge on any atom is -0.322 e. The van der Waals surface area contributed by atoms with Gasteiger partial charge in [-0.3, -0.25) is 14.9 Å². The lowest BCUT2D eigenvalue weighted by molar-refractivity contribution is -0.411. The van der Waals surface area contributed by atoms with Crippen molar-refractivity contribution < 1.29 is 14.7 Å². The zero-order chi connectivity index (χ0) is 17.8. The molecule has 3 rings (SSSR count). The summed E-state index contributed by atoms with van der Waals surface area (Å²) in [6.07, 6.45) is 1.58. The number of nitrogens with zero attached hydrogens (tertiary/aromatic N) is 2. The van der Waals surface area contributed by atoms with E-state index in [1.165, 1.54) is 11.0 Å². The second-order valence-electron chi connectivity index (χ2n) is 5.59. The summed E-state index contributed by atoms with van der Waals surface area (Å²) in [6.45, 7) is -0.0232. The zero-order valence-electron chi connectivity index (χ0n) is 13.6. The second-order valence-corrected chi connectivity index (χ2v) is 5.59. The molecule has 25 heavy (non-hydrogen) atoms. The third kappa shape index (κ3) is 3.55. The highest BCUT2D eigenvalue weighted by atomic mass is 16.6. The number of aromatic amines is 1. The molecule has 0 atom stereocenters. The van der Waals surface area contributed by atoms with Gasteiger partial charge in [0.15, 0.2) is 6.54 Å². The number of benzene rings is 2. The predicted octanol–water partition coefficient (Wildman–Crippen LogP) is 2.64. The summed E-state index contributed by atoms with van der Waals surface area (Å²) in [5.74, 6) is 0.0194. The van der Waals surface area contributed by atoms with E-state index in [1.807, 2.05) is 42.5 Å². The molecule has 0 saturated carbocycles. The van der Waals surface area contributed by atoms with E-state index in [1.54, 1.807) is 19.3 Å². The molecule has 0 bridgehead atoms. The summed E-state index contributed by atoms with van der Waals surface area (Å²) in [5.41, 5.74) is 0.631. The van der Waals surface area contributed by atoms with Crippen LogP contribution in [-0.2, 0) is 4.79 Å². The summed E-state index contributed by atoms with van der Waals surface area (Å²) in [5, 5.41) is 15.9. The molecule has 2 aromatic carbocycles. The van der Waals surface area contributed by atoms with Crippen LogP contribution in [0.5, 0.6) is 0 Å². The molecule has 7 nitrogen and oxygen atoms in total. The average molecular weight is 337 g/mol. The number of fused-ring (bicyclic) bond motifs is 1. The first-order chi connectivity index (χ1) is 12.1. The Labute approximate surface area is 144 Å². The molecule has 0 radical (unpaired) electrons. The topological polar surface area (TPSA) is 89.6 Å². The van der Waals surface area contributed by atoms with E-state index in [-0.39, 0.29) is 24.0 Å². The Morgan fingerprint density at radius 1 is 1.16 bits per heavy atom. The van der Waals surface area contributed by atoms with Crippen molar-refractivity contribution in [2.45, 2.75) is 0 Å². The van der Waals surface area contributed by atoms with Crippen molar-refractivity contribution in [2.75, 3.05) is 23.8 Å². The van der Waals surface area contributed by atoms with Gasteiger partial charge in [-0.2, -0.15) is 0 Å². The minimum absolute atomic E-state index is 0.0232. The normalized spacial score (nSPS) is 10.4. The molecule has 3 aromatic rings. The SMILES string of the molecule is CN(CC(=O)Nc1cccc2ccccc12)c1[nH+]cccc1[N+](=O)[O-]. The van der Waals surface area contributed by atoms with E-state index in [4.69, 9.17) is 0 Å². The van der Waals surface area contributed by atoms with Gasteiger partial charge in [0.05, 0.1) is 18.2 Å². The third-order valence-corrected chi connectivity index (χ3v) is 3.84. The van der Waals surface area contributed by atoms with Gasteiger partial charge in [0.25, 0.3) is 5.91 Å². The Balaban J connectivity index is 1.77. The van der Waals surface area contributed by atoms with Crippen molar-refractivity contribution >= 4 is 33.9 Å². The molecule has 2 N–H and O–H groups in total. The highest BCUT2D eigenvalue weighted by molar-refractivity contribution is 6.03. The predicted molar refractivity (Wildman–Crippen MR) is 95.5 cm³/mol. The van der Waals surface area contributed by atoms with Crippen LogP contribution in [0.4, 0.5) is 17.2 Å². The quantitative estimate of drug-likeness (QED) is 0.572. The van der Waals surface area contributed by atoms with Crippen LogP contribution in [-0.4, -0.2) is 24.4 Å². The van der Waals surface area contributed by atoms with Crippen LogP contribution in [0.15, 0.2) is 60.8 Å². The maximum absolute atomic E-state index is 12.4. The van der Waals surface area contributed by atoms with Crippen LogP contribution in [0.25, 0.3) is 10.8 Å². The lowest BCUT2D eigenvalue weighted by atomic mass is 10.1. The smallest absolute Gasteiger partial charge is 0.322 e.